The number of aromatic nitrogens is 3. The van der Waals surface area contributed by atoms with Gasteiger partial charge >= 0.3 is 0 Å². The topological polar surface area (TPSA) is 121 Å². The summed E-state index contributed by atoms with van der Waals surface area (Å²) in [6.07, 6.45) is 1.62. The summed E-state index contributed by atoms with van der Waals surface area (Å²) in [5.41, 5.74) is 14.7. The standard InChI is InChI=1S/C19H18N6O2/c1-25-16-9-22-19(23-12-5-11(21)6-13(8-12)27-2)24-17(16)14-4-3-10(20)7-15(14)18(25)26/h3-9H,20-21H2,1-2H3,(H,22,23,24). The van der Waals surface area contributed by atoms with E-state index in [2.05, 4.69) is 15.3 Å². The summed E-state index contributed by atoms with van der Waals surface area (Å²) in [5.74, 6) is 1.01. The van der Waals surface area contributed by atoms with Crippen molar-refractivity contribution in [2.45, 2.75) is 0 Å². The van der Waals surface area contributed by atoms with Crippen molar-refractivity contribution in [3.05, 3.63) is 52.9 Å². The molecule has 0 aliphatic rings. The molecule has 27 heavy (non-hydrogen) atoms. The molecule has 0 aliphatic heterocycles. The number of methoxy groups -OCH3 is 1. The van der Waals surface area contributed by atoms with Crippen molar-refractivity contribution in [2.24, 2.45) is 7.05 Å². The predicted octanol–water partition coefficient (Wildman–Crippen LogP) is 2.40. The van der Waals surface area contributed by atoms with Crippen LogP contribution in [-0.4, -0.2) is 21.6 Å². The SMILES string of the molecule is COc1cc(N)cc(Nc2ncc3c(n2)c2ccc(N)cc2c(=O)n3C)c1. The van der Waals surface area contributed by atoms with Gasteiger partial charge in [0.15, 0.2) is 0 Å². The normalized spacial score (nSPS) is 11.0. The van der Waals surface area contributed by atoms with E-state index in [0.717, 1.165) is 5.39 Å². The third-order valence-electron chi connectivity index (χ3n) is 4.39. The lowest BCUT2D eigenvalue weighted by molar-refractivity contribution is 0.415. The third-order valence-corrected chi connectivity index (χ3v) is 4.39. The molecule has 0 saturated carbocycles. The van der Waals surface area contributed by atoms with Gasteiger partial charge in [-0.05, 0) is 24.3 Å². The second-order valence-corrected chi connectivity index (χ2v) is 6.22. The van der Waals surface area contributed by atoms with Gasteiger partial charge in [-0.15, -0.1) is 0 Å². The molecule has 0 fully saturated rings. The largest absolute Gasteiger partial charge is 0.497 e. The lowest BCUT2D eigenvalue weighted by atomic mass is 10.1. The number of nitrogens with one attached hydrogen (secondary N) is 1. The average Bonchev–Trinajstić information content (AvgIpc) is 2.65. The molecule has 0 atom stereocenters. The van der Waals surface area contributed by atoms with Crippen molar-refractivity contribution in [1.29, 1.82) is 0 Å². The van der Waals surface area contributed by atoms with Crippen molar-refractivity contribution in [2.75, 3.05) is 23.9 Å². The van der Waals surface area contributed by atoms with E-state index in [1.807, 2.05) is 0 Å². The van der Waals surface area contributed by atoms with Crippen molar-refractivity contribution in [1.82, 2.24) is 14.5 Å². The van der Waals surface area contributed by atoms with Gasteiger partial charge in [0, 0.05) is 41.6 Å². The summed E-state index contributed by atoms with van der Waals surface area (Å²) in [7, 11) is 3.26. The van der Waals surface area contributed by atoms with Crippen LogP contribution in [0.5, 0.6) is 5.75 Å². The van der Waals surface area contributed by atoms with Gasteiger partial charge in [0.2, 0.25) is 5.95 Å². The predicted molar refractivity (Wildman–Crippen MR) is 107 cm³/mol. The number of nitrogen functional groups attached to an aromatic ring is 2. The minimum absolute atomic E-state index is 0.144. The van der Waals surface area contributed by atoms with Crippen LogP contribution in [0.2, 0.25) is 0 Å². The molecule has 0 amide bonds. The number of hydrogen-bond donors (Lipinski definition) is 3. The first-order valence-electron chi connectivity index (χ1n) is 8.23. The molecular formula is C19H18N6O2. The quantitative estimate of drug-likeness (QED) is 0.378. The highest BCUT2D eigenvalue weighted by molar-refractivity contribution is 6.04. The van der Waals surface area contributed by atoms with Crippen LogP contribution < -0.4 is 27.1 Å². The Morgan fingerprint density at radius 1 is 1.07 bits per heavy atom. The van der Waals surface area contributed by atoms with Crippen LogP contribution in [0.1, 0.15) is 0 Å². The number of nitrogens with zero attached hydrogens (tertiary/aromatic N) is 3. The molecule has 2 heterocycles. The fourth-order valence-electron chi connectivity index (χ4n) is 3.06. The van der Waals surface area contributed by atoms with Gasteiger partial charge in [0.25, 0.3) is 5.56 Å². The minimum atomic E-state index is -0.144. The number of pyridine rings is 1. The number of fused-ring (bicyclic) bond motifs is 3. The summed E-state index contributed by atoms with van der Waals surface area (Å²) in [6, 6.07) is 10.5. The molecule has 2 aromatic carbocycles. The fourth-order valence-corrected chi connectivity index (χ4v) is 3.06. The maximum Gasteiger partial charge on any atom is 0.258 e. The zero-order valence-electron chi connectivity index (χ0n) is 14.9. The van der Waals surface area contributed by atoms with Gasteiger partial charge < -0.3 is 26.1 Å². The number of nitrogens with two attached hydrogens (primary N) is 2. The Labute approximate surface area is 154 Å². The Kier molecular flexibility index (Phi) is 3.80. The molecule has 4 aromatic rings. The second kappa shape index (κ2) is 6.17. The number of anilines is 4. The molecule has 0 saturated heterocycles. The number of benzene rings is 2. The summed E-state index contributed by atoms with van der Waals surface area (Å²) >= 11 is 0. The van der Waals surface area contributed by atoms with Gasteiger partial charge in [0.1, 0.15) is 11.3 Å². The first kappa shape index (κ1) is 16.6. The van der Waals surface area contributed by atoms with Crippen LogP contribution in [0.25, 0.3) is 21.8 Å². The van der Waals surface area contributed by atoms with Crippen molar-refractivity contribution in [3.63, 3.8) is 0 Å². The highest BCUT2D eigenvalue weighted by Gasteiger charge is 2.12. The maximum absolute atomic E-state index is 12.6. The number of hydrogen-bond acceptors (Lipinski definition) is 7. The van der Waals surface area contributed by atoms with Crippen LogP contribution in [0.3, 0.4) is 0 Å². The molecular weight excluding hydrogens is 344 g/mol. The molecule has 136 valence electrons. The Morgan fingerprint density at radius 3 is 2.67 bits per heavy atom. The van der Waals surface area contributed by atoms with Gasteiger partial charge in [0.05, 0.1) is 24.2 Å². The van der Waals surface area contributed by atoms with Crippen molar-refractivity contribution < 1.29 is 4.74 Å². The molecule has 0 spiro atoms. The molecule has 8 nitrogen and oxygen atoms in total. The maximum atomic E-state index is 12.6. The number of ether oxygens (including phenoxy) is 1. The molecule has 8 heteroatoms. The van der Waals surface area contributed by atoms with Gasteiger partial charge in [-0.2, -0.15) is 0 Å². The highest BCUT2D eigenvalue weighted by Crippen LogP contribution is 2.26. The summed E-state index contributed by atoms with van der Waals surface area (Å²) in [5, 5.41) is 4.36. The Morgan fingerprint density at radius 2 is 1.89 bits per heavy atom. The van der Waals surface area contributed by atoms with Crippen LogP contribution >= 0.6 is 0 Å². The highest BCUT2D eigenvalue weighted by atomic mass is 16.5. The Balaban J connectivity index is 1.89. The molecule has 0 unspecified atom stereocenters. The summed E-state index contributed by atoms with van der Waals surface area (Å²) in [4.78, 5) is 21.5. The van der Waals surface area contributed by atoms with E-state index in [9.17, 15) is 4.79 Å². The molecule has 0 radical (unpaired) electrons. The smallest absolute Gasteiger partial charge is 0.258 e. The molecule has 5 N–H and O–H groups in total. The molecule has 0 aliphatic carbocycles. The van der Waals surface area contributed by atoms with E-state index >= 15 is 0 Å². The first-order valence-corrected chi connectivity index (χ1v) is 8.23. The second-order valence-electron chi connectivity index (χ2n) is 6.22. The lowest BCUT2D eigenvalue weighted by Crippen LogP contribution is -2.18. The zero-order valence-corrected chi connectivity index (χ0v) is 14.9. The van der Waals surface area contributed by atoms with E-state index in [4.69, 9.17) is 16.2 Å². The van der Waals surface area contributed by atoms with E-state index < -0.39 is 0 Å². The van der Waals surface area contributed by atoms with E-state index in [-0.39, 0.29) is 5.56 Å². The van der Waals surface area contributed by atoms with Gasteiger partial charge in [-0.3, -0.25) is 4.79 Å². The lowest BCUT2D eigenvalue weighted by Gasteiger charge is -2.11. The molecule has 2 aromatic heterocycles. The monoisotopic (exact) mass is 362 g/mol. The number of aryl methyl sites for hydroxylation is 1. The van der Waals surface area contributed by atoms with E-state index in [1.54, 1.807) is 56.8 Å². The number of rotatable bonds is 3. The van der Waals surface area contributed by atoms with Crippen LogP contribution in [0.15, 0.2) is 47.4 Å². The van der Waals surface area contributed by atoms with Crippen molar-refractivity contribution in [3.8, 4) is 5.75 Å². The van der Waals surface area contributed by atoms with Crippen LogP contribution in [0, 0.1) is 0 Å². The van der Waals surface area contributed by atoms with Crippen molar-refractivity contribution >= 4 is 44.8 Å². The van der Waals surface area contributed by atoms with Crippen LogP contribution in [-0.2, 0) is 7.05 Å². The van der Waals surface area contributed by atoms with Crippen LogP contribution in [0.4, 0.5) is 23.0 Å². The van der Waals surface area contributed by atoms with Gasteiger partial charge in [-0.1, -0.05) is 0 Å². The minimum Gasteiger partial charge on any atom is -0.497 e. The third kappa shape index (κ3) is 2.86. The van der Waals surface area contributed by atoms with E-state index in [0.29, 0.717) is 45.2 Å². The fraction of sp³-hybridized carbons (Fsp3) is 0.105. The molecule has 4 rings (SSSR count). The average molecular weight is 362 g/mol. The van der Waals surface area contributed by atoms with Gasteiger partial charge in [-0.25, -0.2) is 9.97 Å². The Hall–Kier alpha value is -3.81. The van der Waals surface area contributed by atoms with E-state index in [1.165, 1.54) is 4.57 Å². The molecule has 0 bridgehead atoms. The zero-order chi connectivity index (χ0) is 19.1. The summed E-state index contributed by atoms with van der Waals surface area (Å²) in [6.45, 7) is 0. The Bertz CT molecular complexity index is 1250. The first-order chi connectivity index (χ1) is 13.0. The summed E-state index contributed by atoms with van der Waals surface area (Å²) < 4.78 is 6.75.